The maximum Gasteiger partial charge on any atom is 0.245 e. The van der Waals surface area contributed by atoms with Crippen molar-refractivity contribution in [1.29, 1.82) is 0 Å². The lowest BCUT2D eigenvalue weighted by Crippen LogP contribution is -2.62. The lowest BCUT2D eigenvalue weighted by molar-refractivity contribution is -0.150. The van der Waals surface area contributed by atoms with Crippen LogP contribution in [0.2, 0.25) is 0 Å². The van der Waals surface area contributed by atoms with Crippen LogP contribution in [0.5, 0.6) is 0 Å². The molecule has 1 aromatic rings. The molecule has 7 nitrogen and oxygen atoms in total. The summed E-state index contributed by atoms with van der Waals surface area (Å²) in [6, 6.07) is 0.166. The van der Waals surface area contributed by atoms with Crippen LogP contribution in [0, 0.1) is 17.8 Å². The van der Waals surface area contributed by atoms with Crippen molar-refractivity contribution in [3.05, 3.63) is 18.2 Å². The second-order valence-electron chi connectivity index (χ2n) is 11.3. The van der Waals surface area contributed by atoms with Crippen LogP contribution in [0.3, 0.4) is 0 Å². The fourth-order valence-electron chi connectivity index (χ4n) is 5.54. The van der Waals surface area contributed by atoms with Gasteiger partial charge in [-0.15, -0.1) is 0 Å². The molecular weight excluding hydrogens is 414 g/mol. The number of piperazine rings is 1. The number of amides is 2. The smallest absolute Gasteiger partial charge is 0.245 e. The second-order valence-corrected chi connectivity index (χ2v) is 11.3. The minimum Gasteiger partial charge on any atom is -0.341 e. The summed E-state index contributed by atoms with van der Waals surface area (Å²) in [5.41, 5.74) is 0. The van der Waals surface area contributed by atoms with Crippen molar-refractivity contribution in [2.45, 2.75) is 90.8 Å². The predicted octanol–water partition coefficient (Wildman–Crippen LogP) is 3.26. The molecular formula is C26H43N5O2. The average molecular weight is 458 g/mol. The minimum atomic E-state index is -0.334. The number of rotatable bonds is 9. The molecule has 3 heterocycles. The third-order valence-electron chi connectivity index (χ3n) is 7.47. The van der Waals surface area contributed by atoms with Crippen LogP contribution in [0.4, 0.5) is 0 Å². The summed E-state index contributed by atoms with van der Waals surface area (Å²) < 4.78 is 2.36. The number of likely N-dealkylation sites (tertiary alicyclic amines) is 1. The van der Waals surface area contributed by atoms with Crippen LogP contribution in [0.25, 0.3) is 0 Å². The van der Waals surface area contributed by atoms with Gasteiger partial charge in [0.2, 0.25) is 11.8 Å². The van der Waals surface area contributed by atoms with Crippen molar-refractivity contribution in [2.24, 2.45) is 17.8 Å². The first kappa shape index (κ1) is 24.2. The van der Waals surface area contributed by atoms with Gasteiger partial charge in [0.05, 0.1) is 6.04 Å². The number of aromatic nitrogens is 2. The molecule has 1 aromatic heterocycles. The maximum atomic E-state index is 13.7. The van der Waals surface area contributed by atoms with E-state index in [0.717, 1.165) is 51.7 Å². The molecule has 2 atom stereocenters. The largest absolute Gasteiger partial charge is 0.341 e. The number of hydrogen-bond acceptors (Lipinski definition) is 4. The van der Waals surface area contributed by atoms with Crippen LogP contribution in [-0.2, 0) is 16.0 Å². The van der Waals surface area contributed by atoms with Gasteiger partial charge in [-0.2, -0.15) is 0 Å². The van der Waals surface area contributed by atoms with Gasteiger partial charge in [-0.25, -0.2) is 4.98 Å². The molecule has 1 aliphatic carbocycles. The first-order valence-electron chi connectivity index (χ1n) is 13.2. The fourth-order valence-corrected chi connectivity index (χ4v) is 5.54. The molecule has 3 fully saturated rings. The molecule has 3 aliphatic rings. The third kappa shape index (κ3) is 5.97. The van der Waals surface area contributed by atoms with Gasteiger partial charge >= 0.3 is 0 Å². The van der Waals surface area contributed by atoms with Gasteiger partial charge < -0.3 is 19.7 Å². The van der Waals surface area contributed by atoms with Crippen molar-refractivity contribution in [1.82, 2.24) is 24.7 Å². The van der Waals surface area contributed by atoms with Crippen LogP contribution < -0.4 is 5.32 Å². The summed E-state index contributed by atoms with van der Waals surface area (Å²) >= 11 is 0. The van der Waals surface area contributed by atoms with Crippen LogP contribution in [-0.4, -0.2) is 69.4 Å². The maximum absolute atomic E-state index is 13.7. The number of nitrogens with zero attached hydrogens (tertiary/aromatic N) is 4. The van der Waals surface area contributed by atoms with Gasteiger partial charge in [0.25, 0.3) is 0 Å². The van der Waals surface area contributed by atoms with Gasteiger partial charge in [0.1, 0.15) is 11.9 Å². The Bertz CT molecular complexity index is 807. The molecule has 7 heteroatoms. The second kappa shape index (κ2) is 10.6. The van der Waals surface area contributed by atoms with Crippen molar-refractivity contribution in [3.63, 3.8) is 0 Å². The van der Waals surface area contributed by atoms with Gasteiger partial charge in [0.15, 0.2) is 0 Å². The summed E-state index contributed by atoms with van der Waals surface area (Å²) in [5, 5.41) is 3.38. The molecule has 0 radical (unpaired) electrons. The zero-order valence-electron chi connectivity index (χ0n) is 21.0. The molecule has 2 saturated heterocycles. The topological polar surface area (TPSA) is 70.5 Å². The van der Waals surface area contributed by atoms with Gasteiger partial charge in [-0.3, -0.25) is 9.59 Å². The molecule has 1 saturated carbocycles. The molecule has 4 rings (SSSR count). The summed E-state index contributed by atoms with van der Waals surface area (Å²) in [6.07, 6.45) is 11.2. The third-order valence-corrected chi connectivity index (χ3v) is 7.47. The highest BCUT2D eigenvalue weighted by molar-refractivity contribution is 5.90. The average Bonchev–Trinajstić information content (AvgIpc) is 3.52. The Morgan fingerprint density at radius 3 is 2.45 bits per heavy atom. The van der Waals surface area contributed by atoms with E-state index in [0.29, 0.717) is 30.3 Å². The minimum absolute atomic E-state index is 0.107. The highest BCUT2D eigenvalue weighted by atomic mass is 16.2. The highest BCUT2D eigenvalue weighted by Gasteiger charge is 2.39. The Morgan fingerprint density at radius 2 is 1.82 bits per heavy atom. The quantitative estimate of drug-likeness (QED) is 0.618. The highest BCUT2D eigenvalue weighted by Crippen LogP contribution is 2.36. The number of carbonyl (C=O) groups excluding carboxylic acids is 2. The number of hydrogen-bond donors (Lipinski definition) is 1. The molecule has 0 aromatic carbocycles. The van der Waals surface area contributed by atoms with Crippen LogP contribution in [0.1, 0.15) is 78.1 Å². The van der Waals surface area contributed by atoms with E-state index < -0.39 is 0 Å². The van der Waals surface area contributed by atoms with Gasteiger partial charge in [-0.1, -0.05) is 27.7 Å². The van der Waals surface area contributed by atoms with Crippen LogP contribution in [0.15, 0.2) is 12.4 Å². The zero-order chi connectivity index (χ0) is 23.5. The number of piperidine rings is 1. The zero-order valence-corrected chi connectivity index (χ0v) is 21.0. The van der Waals surface area contributed by atoms with E-state index in [9.17, 15) is 9.59 Å². The summed E-state index contributed by atoms with van der Waals surface area (Å²) in [7, 11) is 0. The molecule has 0 bridgehead atoms. The molecule has 0 spiro atoms. The first-order valence-corrected chi connectivity index (χ1v) is 13.2. The lowest BCUT2D eigenvalue weighted by Gasteiger charge is -2.42. The van der Waals surface area contributed by atoms with E-state index in [-0.39, 0.29) is 23.9 Å². The molecule has 184 valence electrons. The van der Waals surface area contributed by atoms with E-state index in [1.165, 1.54) is 18.7 Å². The normalized spacial score (nSPS) is 23.6. The van der Waals surface area contributed by atoms with Crippen LogP contribution >= 0.6 is 0 Å². The SMILES string of the molecule is CC(C)C[C@@H]1NCCN([C@@H](CC(C)C)C(=O)N2CCC(Cc3nccn3C3CC3)CC2)C1=O. The monoisotopic (exact) mass is 457 g/mol. The van der Waals surface area contributed by atoms with E-state index in [4.69, 9.17) is 0 Å². The molecule has 0 unspecified atom stereocenters. The van der Waals surface area contributed by atoms with Crippen molar-refractivity contribution in [2.75, 3.05) is 26.2 Å². The summed E-state index contributed by atoms with van der Waals surface area (Å²) in [5.74, 6) is 2.86. The van der Waals surface area contributed by atoms with E-state index in [1.54, 1.807) is 0 Å². The Balaban J connectivity index is 1.37. The Morgan fingerprint density at radius 1 is 1.09 bits per heavy atom. The van der Waals surface area contributed by atoms with E-state index in [1.807, 2.05) is 16.0 Å². The van der Waals surface area contributed by atoms with E-state index >= 15 is 0 Å². The summed E-state index contributed by atoms with van der Waals surface area (Å²) in [4.78, 5) is 35.5. The first-order chi connectivity index (χ1) is 15.8. The summed E-state index contributed by atoms with van der Waals surface area (Å²) in [6.45, 7) is 11.5. The standard InChI is InChI=1S/C26H43N5O2/c1-18(2)15-22-25(32)31(14-9-27-22)23(16-19(3)4)26(33)29-11-7-20(8-12-29)17-24-28-10-13-30(24)21-5-6-21/h10,13,18-23,27H,5-9,11-12,14-17H2,1-4H3/t22-,23-/m0/s1. The number of carbonyl (C=O) groups is 2. The predicted molar refractivity (Wildman–Crippen MR) is 130 cm³/mol. The van der Waals surface area contributed by atoms with Gasteiger partial charge in [0, 0.05) is 51.0 Å². The van der Waals surface area contributed by atoms with Gasteiger partial charge in [-0.05, 0) is 56.3 Å². The number of imidazole rings is 1. The number of nitrogens with one attached hydrogen (secondary N) is 1. The Kier molecular flexibility index (Phi) is 7.77. The van der Waals surface area contributed by atoms with Crippen molar-refractivity contribution >= 4 is 11.8 Å². The van der Waals surface area contributed by atoms with E-state index in [2.05, 4.69) is 48.8 Å². The Hall–Kier alpha value is -1.89. The van der Waals surface area contributed by atoms with Crippen molar-refractivity contribution < 1.29 is 9.59 Å². The molecule has 1 N–H and O–H groups in total. The molecule has 2 amide bonds. The lowest BCUT2D eigenvalue weighted by atomic mass is 9.91. The molecule has 2 aliphatic heterocycles. The van der Waals surface area contributed by atoms with Crippen molar-refractivity contribution in [3.8, 4) is 0 Å². The molecule has 33 heavy (non-hydrogen) atoms. The fraction of sp³-hybridized carbons (Fsp3) is 0.808. The Labute approximate surface area is 199 Å².